The molecule has 5 heteroatoms. The third-order valence-corrected chi connectivity index (χ3v) is 4.69. The molecule has 0 atom stereocenters. The van der Waals surface area contributed by atoms with E-state index in [4.69, 9.17) is 9.15 Å². The second-order valence-electron chi connectivity index (χ2n) is 6.60. The molecule has 1 fully saturated rings. The van der Waals surface area contributed by atoms with Gasteiger partial charge in [0.05, 0.1) is 37.3 Å². The van der Waals surface area contributed by atoms with Crippen LogP contribution in [0.5, 0.6) is 0 Å². The Morgan fingerprint density at radius 1 is 1.15 bits per heavy atom. The van der Waals surface area contributed by atoms with Crippen molar-refractivity contribution in [2.24, 2.45) is 0 Å². The van der Waals surface area contributed by atoms with Crippen molar-refractivity contribution < 1.29 is 13.9 Å². The Balaban J connectivity index is 1.51. The number of carbonyl (C=O) groups excluding carboxylic acids is 1. The van der Waals surface area contributed by atoms with Gasteiger partial charge in [0, 0.05) is 24.0 Å². The topological polar surface area (TPSA) is 54.7 Å². The number of fused-ring (bicyclic) bond motifs is 1. The molecule has 0 radical (unpaired) electrons. The van der Waals surface area contributed by atoms with Crippen molar-refractivity contribution in [2.75, 3.05) is 36.5 Å². The van der Waals surface area contributed by atoms with Gasteiger partial charge in [-0.1, -0.05) is 24.3 Å². The molecule has 1 aliphatic heterocycles. The number of furan rings is 1. The second-order valence-corrected chi connectivity index (χ2v) is 6.60. The van der Waals surface area contributed by atoms with Gasteiger partial charge in [0.25, 0.3) is 0 Å². The average molecular weight is 350 g/mol. The summed E-state index contributed by atoms with van der Waals surface area (Å²) in [4.78, 5) is 14.9. The van der Waals surface area contributed by atoms with Gasteiger partial charge >= 0.3 is 0 Å². The van der Waals surface area contributed by atoms with E-state index < -0.39 is 0 Å². The predicted octanol–water partition coefficient (Wildman–Crippen LogP) is 3.76. The van der Waals surface area contributed by atoms with Crippen molar-refractivity contribution in [3.05, 3.63) is 59.9 Å². The average Bonchev–Trinajstić information content (AvgIpc) is 3.04. The van der Waals surface area contributed by atoms with Gasteiger partial charge in [-0.15, -0.1) is 0 Å². The zero-order chi connectivity index (χ0) is 17.9. The number of nitrogens with zero attached hydrogens (tertiary/aromatic N) is 1. The molecular weight excluding hydrogens is 328 g/mol. The summed E-state index contributed by atoms with van der Waals surface area (Å²) in [5.74, 6) is -0.0472. The molecule has 3 aromatic rings. The van der Waals surface area contributed by atoms with Crippen LogP contribution in [-0.4, -0.2) is 32.2 Å². The van der Waals surface area contributed by atoms with Gasteiger partial charge in [0.15, 0.2) is 0 Å². The summed E-state index contributed by atoms with van der Waals surface area (Å²) < 4.78 is 11.0. The highest BCUT2D eigenvalue weighted by Gasteiger charge is 2.17. The SMILES string of the molecule is Cc1ccc2c(CC(=O)Nc3ccccc3N3CCOCC3)coc2c1. The Morgan fingerprint density at radius 3 is 2.81 bits per heavy atom. The molecule has 2 aromatic carbocycles. The Kier molecular flexibility index (Phi) is 4.63. The number of ether oxygens (including phenoxy) is 1. The van der Waals surface area contributed by atoms with Gasteiger partial charge in [0.1, 0.15) is 5.58 Å². The maximum Gasteiger partial charge on any atom is 0.228 e. The molecule has 1 amide bonds. The highest BCUT2D eigenvalue weighted by atomic mass is 16.5. The zero-order valence-electron chi connectivity index (χ0n) is 14.8. The molecule has 0 saturated carbocycles. The smallest absolute Gasteiger partial charge is 0.228 e. The number of morpholine rings is 1. The first kappa shape index (κ1) is 16.7. The van der Waals surface area contributed by atoms with Crippen LogP contribution in [0, 0.1) is 6.92 Å². The number of anilines is 2. The molecule has 0 spiro atoms. The number of amides is 1. The largest absolute Gasteiger partial charge is 0.464 e. The van der Waals surface area contributed by atoms with Crippen molar-refractivity contribution in [3.8, 4) is 0 Å². The molecule has 1 aliphatic rings. The summed E-state index contributed by atoms with van der Waals surface area (Å²) in [7, 11) is 0. The summed E-state index contributed by atoms with van der Waals surface area (Å²) in [5, 5.41) is 4.05. The van der Waals surface area contributed by atoms with Gasteiger partial charge in [-0.3, -0.25) is 4.79 Å². The zero-order valence-corrected chi connectivity index (χ0v) is 14.8. The number of benzene rings is 2. The van der Waals surface area contributed by atoms with E-state index in [1.54, 1.807) is 6.26 Å². The molecule has 134 valence electrons. The van der Waals surface area contributed by atoms with E-state index in [0.717, 1.165) is 46.6 Å². The normalized spacial score (nSPS) is 14.6. The number of carbonyl (C=O) groups is 1. The second kappa shape index (κ2) is 7.22. The molecule has 0 unspecified atom stereocenters. The van der Waals surface area contributed by atoms with Crippen LogP contribution in [0.3, 0.4) is 0 Å². The molecule has 1 saturated heterocycles. The maximum atomic E-state index is 12.6. The van der Waals surface area contributed by atoms with E-state index in [9.17, 15) is 4.79 Å². The van der Waals surface area contributed by atoms with Crippen molar-refractivity contribution in [1.29, 1.82) is 0 Å². The lowest BCUT2D eigenvalue weighted by molar-refractivity contribution is -0.115. The third kappa shape index (κ3) is 3.44. The summed E-state index contributed by atoms with van der Waals surface area (Å²) in [6.45, 7) is 5.11. The highest BCUT2D eigenvalue weighted by molar-refractivity contribution is 5.97. The number of aryl methyl sites for hydroxylation is 1. The Morgan fingerprint density at radius 2 is 1.96 bits per heavy atom. The van der Waals surface area contributed by atoms with Gasteiger partial charge < -0.3 is 19.4 Å². The van der Waals surface area contributed by atoms with Gasteiger partial charge in [-0.2, -0.15) is 0 Å². The first-order chi connectivity index (χ1) is 12.7. The Bertz CT molecular complexity index is 926. The predicted molar refractivity (Wildman–Crippen MR) is 103 cm³/mol. The van der Waals surface area contributed by atoms with Gasteiger partial charge in [-0.05, 0) is 30.7 Å². The quantitative estimate of drug-likeness (QED) is 0.778. The molecule has 0 aliphatic carbocycles. The van der Waals surface area contributed by atoms with E-state index in [1.165, 1.54) is 0 Å². The number of nitrogens with one attached hydrogen (secondary N) is 1. The highest BCUT2D eigenvalue weighted by Crippen LogP contribution is 2.27. The van der Waals surface area contributed by atoms with E-state index in [2.05, 4.69) is 10.2 Å². The first-order valence-corrected chi connectivity index (χ1v) is 8.89. The van der Waals surface area contributed by atoms with Crippen molar-refractivity contribution >= 4 is 28.3 Å². The lowest BCUT2D eigenvalue weighted by atomic mass is 10.1. The minimum Gasteiger partial charge on any atom is -0.464 e. The summed E-state index contributed by atoms with van der Waals surface area (Å²) in [6.07, 6.45) is 1.96. The number of hydrogen-bond donors (Lipinski definition) is 1. The maximum absolute atomic E-state index is 12.6. The molecule has 0 bridgehead atoms. The molecule has 4 rings (SSSR count). The van der Waals surface area contributed by atoms with Crippen LogP contribution in [0.2, 0.25) is 0 Å². The number of hydrogen-bond acceptors (Lipinski definition) is 4. The summed E-state index contributed by atoms with van der Waals surface area (Å²) in [5.41, 5.74) is 4.74. The molecule has 1 aromatic heterocycles. The fourth-order valence-electron chi connectivity index (χ4n) is 3.35. The van der Waals surface area contributed by atoms with Crippen LogP contribution < -0.4 is 10.2 Å². The minimum atomic E-state index is -0.0472. The molecular formula is C21H22N2O3. The van der Waals surface area contributed by atoms with Crippen molar-refractivity contribution in [1.82, 2.24) is 0 Å². The van der Waals surface area contributed by atoms with E-state index in [0.29, 0.717) is 13.2 Å². The monoisotopic (exact) mass is 350 g/mol. The summed E-state index contributed by atoms with van der Waals surface area (Å²) >= 11 is 0. The van der Waals surface area contributed by atoms with E-state index >= 15 is 0 Å². The number of para-hydroxylation sites is 2. The van der Waals surface area contributed by atoms with Crippen LogP contribution >= 0.6 is 0 Å². The van der Waals surface area contributed by atoms with Crippen LogP contribution in [0.15, 0.2) is 53.1 Å². The standard InChI is InChI=1S/C21H22N2O3/c1-15-6-7-17-16(14-26-20(17)12-15)13-21(24)22-18-4-2-3-5-19(18)23-8-10-25-11-9-23/h2-7,12,14H,8-11,13H2,1H3,(H,22,24). The molecule has 1 N–H and O–H groups in total. The van der Waals surface area contributed by atoms with Crippen LogP contribution in [-0.2, 0) is 16.0 Å². The summed E-state index contributed by atoms with van der Waals surface area (Å²) in [6, 6.07) is 14.0. The number of rotatable bonds is 4. The van der Waals surface area contributed by atoms with Crippen molar-refractivity contribution in [3.63, 3.8) is 0 Å². The van der Waals surface area contributed by atoms with E-state index in [-0.39, 0.29) is 12.3 Å². The lowest BCUT2D eigenvalue weighted by Crippen LogP contribution is -2.36. The first-order valence-electron chi connectivity index (χ1n) is 8.89. The molecule has 26 heavy (non-hydrogen) atoms. The van der Waals surface area contributed by atoms with Gasteiger partial charge in [-0.25, -0.2) is 0 Å². The minimum absolute atomic E-state index is 0.0472. The molecule has 5 nitrogen and oxygen atoms in total. The molecule has 2 heterocycles. The fourth-order valence-corrected chi connectivity index (χ4v) is 3.35. The van der Waals surface area contributed by atoms with E-state index in [1.807, 2.05) is 49.4 Å². The van der Waals surface area contributed by atoms with Crippen LogP contribution in [0.25, 0.3) is 11.0 Å². The Hall–Kier alpha value is -2.79. The third-order valence-electron chi connectivity index (χ3n) is 4.69. The Labute approximate surface area is 152 Å². The van der Waals surface area contributed by atoms with Crippen LogP contribution in [0.1, 0.15) is 11.1 Å². The van der Waals surface area contributed by atoms with Crippen molar-refractivity contribution in [2.45, 2.75) is 13.3 Å². The fraction of sp³-hybridized carbons (Fsp3) is 0.286. The van der Waals surface area contributed by atoms with Crippen LogP contribution in [0.4, 0.5) is 11.4 Å². The lowest BCUT2D eigenvalue weighted by Gasteiger charge is -2.30. The van der Waals surface area contributed by atoms with Gasteiger partial charge in [0.2, 0.25) is 5.91 Å².